The van der Waals surface area contributed by atoms with Crippen LogP contribution < -0.4 is 16.4 Å². The maximum Gasteiger partial charge on any atom is 0.267 e. The lowest BCUT2D eigenvalue weighted by Crippen LogP contribution is -2.14. The molecule has 2 aromatic carbocycles. The van der Waals surface area contributed by atoms with Crippen LogP contribution in [0.1, 0.15) is 5.56 Å². The minimum Gasteiger partial charge on any atom is -0.398 e. The molecule has 4 N–H and O–H groups in total. The topological polar surface area (TPSA) is 90.9 Å². The zero-order valence-electron chi connectivity index (χ0n) is 12.7. The number of anilines is 3. The van der Waals surface area contributed by atoms with Crippen molar-refractivity contribution in [2.24, 2.45) is 0 Å². The van der Waals surface area contributed by atoms with Gasteiger partial charge in [-0.15, -0.1) is 0 Å². The van der Waals surface area contributed by atoms with Crippen molar-refractivity contribution in [2.75, 3.05) is 16.4 Å². The van der Waals surface area contributed by atoms with Crippen LogP contribution in [-0.2, 0) is 4.79 Å². The van der Waals surface area contributed by atoms with Crippen molar-refractivity contribution < 1.29 is 4.79 Å². The molecule has 24 heavy (non-hydrogen) atoms. The average Bonchev–Trinajstić information content (AvgIpc) is 2.53. The van der Waals surface area contributed by atoms with Gasteiger partial charge in [-0.3, -0.25) is 4.79 Å². The standard InChI is InChI=1S/C17H14ClIN4O/c1-10-6-12(19)2-5-16(10)22-9-11(8-20)17(24)23-13-3-4-15(21)14(18)7-13/h2-7,9,22H,21H2,1H3,(H,23,24)/b11-9-. The molecule has 0 spiro atoms. The number of amides is 1. The summed E-state index contributed by atoms with van der Waals surface area (Å²) in [7, 11) is 0. The number of hydrogen-bond donors (Lipinski definition) is 3. The number of nitriles is 1. The van der Waals surface area contributed by atoms with Crippen LogP contribution in [0.25, 0.3) is 0 Å². The Balaban J connectivity index is 2.13. The third kappa shape index (κ3) is 4.63. The largest absolute Gasteiger partial charge is 0.398 e. The Morgan fingerprint density at radius 1 is 1.33 bits per heavy atom. The summed E-state index contributed by atoms with van der Waals surface area (Å²) in [4.78, 5) is 12.2. The van der Waals surface area contributed by atoms with E-state index in [1.165, 1.54) is 12.3 Å². The molecule has 0 saturated heterocycles. The predicted molar refractivity (Wildman–Crippen MR) is 106 cm³/mol. The number of hydrogen-bond acceptors (Lipinski definition) is 4. The molecule has 2 rings (SSSR count). The van der Waals surface area contributed by atoms with Gasteiger partial charge >= 0.3 is 0 Å². The first-order chi connectivity index (χ1) is 11.4. The minimum atomic E-state index is -0.533. The van der Waals surface area contributed by atoms with Crippen LogP contribution in [0.3, 0.4) is 0 Å². The smallest absolute Gasteiger partial charge is 0.267 e. The van der Waals surface area contributed by atoms with Crippen molar-refractivity contribution in [1.29, 1.82) is 5.26 Å². The first kappa shape index (κ1) is 18.1. The van der Waals surface area contributed by atoms with E-state index in [4.69, 9.17) is 17.3 Å². The van der Waals surface area contributed by atoms with Crippen molar-refractivity contribution in [2.45, 2.75) is 6.92 Å². The molecular weight excluding hydrogens is 439 g/mol. The maximum absolute atomic E-state index is 12.2. The Hall–Kier alpha value is -2.24. The van der Waals surface area contributed by atoms with Gasteiger partial charge in [0.15, 0.2) is 0 Å². The highest BCUT2D eigenvalue weighted by Crippen LogP contribution is 2.23. The monoisotopic (exact) mass is 452 g/mol. The van der Waals surface area contributed by atoms with E-state index < -0.39 is 5.91 Å². The lowest BCUT2D eigenvalue weighted by molar-refractivity contribution is -0.112. The summed E-state index contributed by atoms with van der Waals surface area (Å²) < 4.78 is 1.11. The van der Waals surface area contributed by atoms with E-state index in [1.54, 1.807) is 12.1 Å². The zero-order valence-corrected chi connectivity index (χ0v) is 15.6. The average molecular weight is 453 g/mol. The first-order valence-electron chi connectivity index (χ1n) is 6.90. The highest BCUT2D eigenvalue weighted by atomic mass is 127. The Morgan fingerprint density at radius 2 is 2.08 bits per heavy atom. The molecule has 0 atom stereocenters. The molecule has 2 aromatic rings. The van der Waals surface area contributed by atoms with E-state index in [9.17, 15) is 10.1 Å². The molecule has 5 nitrogen and oxygen atoms in total. The van der Waals surface area contributed by atoms with Crippen LogP contribution in [0.4, 0.5) is 17.1 Å². The molecule has 0 heterocycles. The molecule has 0 bridgehead atoms. The quantitative estimate of drug-likeness (QED) is 0.279. The number of rotatable bonds is 4. The summed E-state index contributed by atoms with van der Waals surface area (Å²) in [6, 6.07) is 12.4. The number of nitrogens with zero attached hydrogens (tertiary/aromatic N) is 1. The van der Waals surface area contributed by atoms with Gasteiger partial charge in [-0.05, 0) is 71.5 Å². The van der Waals surface area contributed by atoms with E-state index in [2.05, 4.69) is 33.2 Å². The van der Waals surface area contributed by atoms with Crippen LogP contribution in [0.2, 0.25) is 5.02 Å². The summed E-state index contributed by atoms with van der Waals surface area (Å²) in [5.74, 6) is -0.533. The number of carbonyl (C=O) groups excluding carboxylic acids is 1. The number of nitrogens with two attached hydrogens (primary N) is 1. The van der Waals surface area contributed by atoms with Crippen molar-refractivity contribution >= 4 is 57.2 Å². The summed E-state index contributed by atoms with van der Waals surface area (Å²) in [6.45, 7) is 1.95. The maximum atomic E-state index is 12.2. The van der Waals surface area contributed by atoms with E-state index in [1.807, 2.05) is 31.2 Å². The molecule has 0 unspecified atom stereocenters. The first-order valence-corrected chi connectivity index (χ1v) is 8.35. The third-order valence-corrected chi connectivity index (χ3v) is 4.18. The summed E-state index contributed by atoms with van der Waals surface area (Å²) in [6.07, 6.45) is 1.38. The fraction of sp³-hybridized carbons (Fsp3) is 0.0588. The van der Waals surface area contributed by atoms with Gasteiger partial charge in [0.2, 0.25) is 0 Å². The number of carbonyl (C=O) groups is 1. The minimum absolute atomic E-state index is 0.0547. The highest BCUT2D eigenvalue weighted by molar-refractivity contribution is 14.1. The lowest BCUT2D eigenvalue weighted by atomic mass is 10.2. The van der Waals surface area contributed by atoms with E-state index >= 15 is 0 Å². The van der Waals surface area contributed by atoms with Crippen LogP contribution in [0, 0.1) is 21.8 Å². The van der Waals surface area contributed by atoms with Crippen LogP contribution >= 0.6 is 34.2 Å². The number of aryl methyl sites for hydroxylation is 1. The fourth-order valence-electron chi connectivity index (χ4n) is 1.89. The second-order valence-corrected chi connectivity index (χ2v) is 6.62. The molecule has 0 aliphatic rings. The van der Waals surface area contributed by atoms with Crippen molar-refractivity contribution in [1.82, 2.24) is 0 Å². The zero-order chi connectivity index (χ0) is 17.7. The van der Waals surface area contributed by atoms with E-state index in [0.29, 0.717) is 16.4 Å². The summed E-state index contributed by atoms with van der Waals surface area (Å²) in [5.41, 5.74) is 8.29. The molecule has 0 fully saturated rings. The van der Waals surface area contributed by atoms with Crippen molar-refractivity contribution in [3.05, 3.63) is 62.3 Å². The van der Waals surface area contributed by atoms with Gasteiger partial charge in [0, 0.05) is 21.1 Å². The van der Waals surface area contributed by atoms with Crippen LogP contribution in [0.15, 0.2) is 48.2 Å². The highest BCUT2D eigenvalue weighted by Gasteiger charge is 2.10. The summed E-state index contributed by atoms with van der Waals surface area (Å²) >= 11 is 8.13. The van der Waals surface area contributed by atoms with Gasteiger partial charge in [0.25, 0.3) is 5.91 Å². The molecular formula is C17H14ClIN4O. The molecule has 0 aliphatic heterocycles. The molecule has 122 valence electrons. The Bertz CT molecular complexity index is 858. The second-order valence-electron chi connectivity index (χ2n) is 4.96. The molecule has 0 aromatic heterocycles. The van der Waals surface area contributed by atoms with E-state index in [-0.39, 0.29) is 5.57 Å². The van der Waals surface area contributed by atoms with Crippen LogP contribution in [0.5, 0.6) is 0 Å². The second kappa shape index (κ2) is 8.04. The van der Waals surface area contributed by atoms with Gasteiger partial charge in [-0.2, -0.15) is 5.26 Å². The lowest BCUT2D eigenvalue weighted by Gasteiger charge is -2.08. The number of benzene rings is 2. The van der Waals surface area contributed by atoms with Gasteiger partial charge in [0.1, 0.15) is 11.6 Å². The number of halogens is 2. The van der Waals surface area contributed by atoms with Crippen molar-refractivity contribution in [3.8, 4) is 6.07 Å². The van der Waals surface area contributed by atoms with Gasteiger partial charge in [0.05, 0.1) is 10.7 Å². The van der Waals surface area contributed by atoms with Gasteiger partial charge in [-0.1, -0.05) is 11.6 Å². The van der Waals surface area contributed by atoms with Crippen LogP contribution in [-0.4, -0.2) is 5.91 Å². The normalized spacial score (nSPS) is 10.8. The van der Waals surface area contributed by atoms with Crippen molar-refractivity contribution in [3.63, 3.8) is 0 Å². The van der Waals surface area contributed by atoms with Gasteiger partial charge < -0.3 is 16.4 Å². The Labute approximate surface area is 158 Å². The molecule has 7 heteroatoms. The molecule has 0 saturated carbocycles. The SMILES string of the molecule is Cc1cc(I)ccc1N/C=C(/C#N)C(=O)Nc1ccc(N)c(Cl)c1. The van der Waals surface area contributed by atoms with Gasteiger partial charge in [-0.25, -0.2) is 0 Å². The van der Waals surface area contributed by atoms with E-state index in [0.717, 1.165) is 14.8 Å². The molecule has 1 amide bonds. The number of nitrogens with one attached hydrogen (secondary N) is 2. The summed E-state index contributed by atoms with van der Waals surface area (Å²) in [5, 5.41) is 15.1. The number of nitrogen functional groups attached to an aromatic ring is 1. The molecule has 0 radical (unpaired) electrons. The Morgan fingerprint density at radius 3 is 2.71 bits per heavy atom. The molecule has 0 aliphatic carbocycles. The Kier molecular flexibility index (Phi) is 6.06. The fourth-order valence-corrected chi connectivity index (χ4v) is 2.72. The predicted octanol–water partition coefficient (Wildman–Crippen LogP) is 4.29. The third-order valence-electron chi connectivity index (χ3n) is 3.18.